The Kier molecular flexibility index (Phi) is 4.98. The predicted molar refractivity (Wildman–Crippen MR) is 92.4 cm³/mol. The molecular formula is C18H21NO3S. The number of carbonyl (C=O) groups is 1. The van der Waals surface area contributed by atoms with E-state index >= 15 is 0 Å². The van der Waals surface area contributed by atoms with Crippen molar-refractivity contribution in [2.45, 2.75) is 25.8 Å². The van der Waals surface area contributed by atoms with Crippen molar-refractivity contribution < 1.29 is 14.3 Å². The Labute approximate surface area is 140 Å². The standard InChI is InChI=1S/C18H21NO3S/c1-12-16(13-3-5-15(21-2)6-4-13)11-17(23-12)18(20)19-14-7-9-22-10-8-14/h3-6,11,14H,7-10H2,1-2H3,(H,19,20). The molecule has 4 nitrogen and oxygen atoms in total. The molecule has 0 saturated carbocycles. The van der Waals surface area contributed by atoms with Crippen molar-refractivity contribution >= 4 is 17.2 Å². The zero-order chi connectivity index (χ0) is 16.2. The molecule has 0 radical (unpaired) electrons. The molecule has 1 fully saturated rings. The predicted octanol–water partition coefficient (Wildman–Crippen LogP) is 3.64. The van der Waals surface area contributed by atoms with E-state index in [9.17, 15) is 4.79 Å². The van der Waals surface area contributed by atoms with Gasteiger partial charge in [0.1, 0.15) is 5.75 Å². The lowest BCUT2D eigenvalue weighted by molar-refractivity contribution is 0.0698. The molecule has 0 bridgehead atoms. The molecule has 1 N–H and O–H groups in total. The largest absolute Gasteiger partial charge is 0.497 e. The van der Waals surface area contributed by atoms with Crippen molar-refractivity contribution in [3.05, 3.63) is 40.1 Å². The van der Waals surface area contributed by atoms with Crippen LogP contribution in [0.3, 0.4) is 0 Å². The molecule has 2 heterocycles. The number of rotatable bonds is 4. The fourth-order valence-electron chi connectivity index (χ4n) is 2.75. The van der Waals surface area contributed by atoms with Gasteiger partial charge in [0, 0.05) is 24.1 Å². The third-order valence-electron chi connectivity index (χ3n) is 4.10. The summed E-state index contributed by atoms with van der Waals surface area (Å²) in [6, 6.07) is 10.1. The first-order valence-electron chi connectivity index (χ1n) is 7.81. The van der Waals surface area contributed by atoms with Gasteiger partial charge in [-0.15, -0.1) is 11.3 Å². The molecule has 5 heteroatoms. The second-order valence-corrected chi connectivity index (χ2v) is 6.93. The molecule has 0 atom stereocenters. The zero-order valence-electron chi connectivity index (χ0n) is 13.4. The summed E-state index contributed by atoms with van der Waals surface area (Å²) < 4.78 is 10.5. The Hall–Kier alpha value is -1.85. The monoisotopic (exact) mass is 331 g/mol. The zero-order valence-corrected chi connectivity index (χ0v) is 14.2. The number of aryl methyl sites for hydroxylation is 1. The van der Waals surface area contributed by atoms with Crippen molar-refractivity contribution in [2.24, 2.45) is 0 Å². The number of benzene rings is 1. The van der Waals surface area contributed by atoms with Gasteiger partial charge in [0.25, 0.3) is 5.91 Å². The van der Waals surface area contributed by atoms with Gasteiger partial charge in [-0.3, -0.25) is 4.79 Å². The molecular weight excluding hydrogens is 310 g/mol. The Morgan fingerprint density at radius 2 is 1.96 bits per heavy atom. The third kappa shape index (κ3) is 3.74. The highest BCUT2D eigenvalue weighted by Gasteiger charge is 2.19. The average Bonchev–Trinajstić information content (AvgIpc) is 2.98. The molecule has 122 valence electrons. The second-order valence-electron chi connectivity index (χ2n) is 5.67. The lowest BCUT2D eigenvalue weighted by Crippen LogP contribution is -2.38. The van der Waals surface area contributed by atoms with Crippen LogP contribution in [0.1, 0.15) is 27.4 Å². The lowest BCUT2D eigenvalue weighted by Gasteiger charge is -2.22. The van der Waals surface area contributed by atoms with Crippen LogP contribution in [0, 0.1) is 6.92 Å². The van der Waals surface area contributed by atoms with Crippen molar-refractivity contribution in [2.75, 3.05) is 20.3 Å². The van der Waals surface area contributed by atoms with Gasteiger partial charge < -0.3 is 14.8 Å². The van der Waals surface area contributed by atoms with E-state index in [1.54, 1.807) is 18.4 Å². The summed E-state index contributed by atoms with van der Waals surface area (Å²) in [4.78, 5) is 14.4. The van der Waals surface area contributed by atoms with Gasteiger partial charge in [-0.2, -0.15) is 0 Å². The van der Waals surface area contributed by atoms with Crippen LogP contribution in [0.15, 0.2) is 30.3 Å². The number of hydrogen-bond donors (Lipinski definition) is 1. The van der Waals surface area contributed by atoms with Crippen LogP contribution < -0.4 is 10.1 Å². The normalized spacial score (nSPS) is 15.4. The summed E-state index contributed by atoms with van der Waals surface area (Å²) in [5, 5.41) is 3.12. The summed E-state index contributed by atoms with van der Waals surface area (Å²) in [5.74, 6) is 0.851. The van der Waals surface area contributed by atoms with Crippen molar-refractivity contribution in [1.82, 2.24) is 5.32 Å². The molecule has 1 aliphatic heterocycles. The van der Waals surface area contributed by atoms with E-state index in [1.165, 1.54) is 0 Å². The van der Waals surface area contributed by atoms with E-state index in [1.807, 2.05) is 30.3 Å². The highest BCUT2D eigenvalue weighted by molar-refractivity contribution is 7.14. The van der Waals surface area contributed by atoms with Crippen LogP contribution in [0.25, 0.3) is 11.1 Å². The van der Waals surface area contributed by atoms with E-state index in [4.69, 9.17) is 9.47 Å². The molecule has 1 aromatic carbocycles. The average molecular weight is 331 g/mol. The number of nitrogens with one attached hydrogen (secondary N) is 1. The maximum atomic E-state index is 12.4. The van der Waals surface area contributed by atoms with Crippen LogP contribution in [-0.4, -0.2) is 32.3 Å². The van der Waals surface area contributed by atoms with E-state index in [0.717, 1.165) is 52.7 Å². The fourth-order valence-corrected chi connectivity index (χ4v) is 3.69. The smallest absolute Gasteiger partial charge is 0.261 e. The number of amides is 1. The number of methoxy groups -OCH3 is 1. The summed E-state index contributed by atoms with van der Waals surface area (Å²) in [6.45, 7) is 3.51. The maximum absolute atomic E-state index is 12.4. The molecule has 3 rings (SSSR count). The minimum absolute atomic E-state index is 0.0183. The first-order valence-corrected chi connectivity index (χ1v) is 8.62. The number of thiophene rings is 1. The van der Waals surface area contributed by atoms with E-state index in [0.29, 0.717) is 0 Å². The van der Waals surface area contributed by atoms with E-state index in [2.05, 4.69) is 12.2 Å². The lowest BCUT2D eigenvalue weighted by atomic mass is 10.1. The van der Waals surface area contributed by atoms with Crippen LogP contribution >= 0.6 is 11.3 Å². The van der Waals surface area contributed by atoms with Crippen LogP contribution in [0.4, 0.5) is 0 Å². The molecule has 1 aliphatic rings. The summed E-state index contributed by atoms with van der Waals surface area (Å²) >= 11 is 1.54. The summed E-state index contributed by atoms with van der Waals surface area (Å²) in [5.41, 5.74) is 2.21. The quantitative estimate of drug-likeness (QED) is 0.930. The molecule has 1 saturated heterocycles. The van der Waals surface area contributed by atoms with Gasteiger partial charge in [-0.25, -0.2) is 0 Å². The number of ether oxygens (including phenoxy) is 2. The van der Waals surface area contributed by atoms with Gasteiger partial charge in [-0.05, 0) is 49.1 Å². The van der Waals surface area contributed by atoms with Crippen LogP contribution in [-0.2, 0) is 4.74 Å². The minimum atomic E-state index is 0.0183. The maximum Gasteiger partial charge on any atom is 0.261 e. The van der Waals surface area contributed by atoms with Gasteiger partial charge in [0.2, 0.25) is 0 Å². The molecule has 1 aromatic heterocycles. The highest BCUT2D eigenvalue weighted by Crippen LogP contribution is 2.32. The molecule has 23 heavy (non-hydrogen) atoms. The number of hydrogen-bond acceptors (Lipinski definition) is 4. The molecule has 2 aromatic rings. The SMILES string of the molecule is COc1ccc(-c2cc(C(=O)NC3CCOCC3)sc2C)cc1. The van der Waals surface area contributed by atoms with Gasteiger partial charge >= 0.3 is 0 Å². The van der Waals surface area contributed by atoms with Crippen LogP contribution in [0.5, 0.6) is 5.75 Å². The van der Waals surface area contributed by atoms with E-state index < -0.39 is 0 Å². The topological polar surface area (TPSA) is 47.6 Å². The minimum Gasteiger partial charge on any atom is -0.497 e. The fraction of sp³-hybridized carbons (Fsp3) is 0.389. The molecule has 0 aliphatic carbocycles. The first-order chi connectivity index (χ1) is 11.2. The molecule has 1 amide bonds. The van der Waals surface area contributed by atoms with Crippen LogP contribution in [0.2, 0.25) is 0 Å². The molecule has 0 unspecified atom stereocenters. The van der Waals surface area contributed by atoms with Crippen molar-refractivity contribution in [3.8, 4) is 16.9 Å². The van der Waals surface area contributed by atoms with Gasteiger partial charge in [0.05, 0.1) is 12.0 Å². The third-order valence-corrected chi connectivity index (χ3v) is 5.15. The van der Waals surface area contributed by atoms with Gasteiger partial charge in [-0.1, -0.05) is 12.1 Å². The Morgan fingerprint density at radius 1 is 1.26 bits per heavy atom. The summed E-state index contributed by atoms with van der Waals surface area (Å²) in [6.07, 6.45) is 1.78. The Balaban J connectivity index is 1.75. The van der Waals surface area contributed by atoms with E-state index in [-0.39, 0.29) is 11.9 Å². The Bertz CT molecular complexity index is 672. The highest BCUT2D eigenvalue weighted by atomic mass is 32.1. The van der Waals surface area contributed by atoms with Crippen molar-refractivity contribution in [1.29, 1.82) is 0 Å². The second kappa shape index (κ2) is 7.15. The van der Waals surface area contributed by atoms with Gasteiger partial charge in [0.15, 0.2) is 0 Å². The Morgan fingerprint density at radius 3 is 2.61 bits per heavy atom. The number of carbonyl (C=O) groups excluding carboxylic acids is 1. The summed E-state index contributed by atoms with van der Waals surface area (Å²) in [7, 11) is 1.66. The van der Waals surface area contributed by atoms with Crippen molar-refractivity contribution in [3.63, 3.8) is 0 Å². The first kappa shape index (κ1) is 16.0. The molecule has 0 spiro atoms.